The first-order chi connectivity index (χ1) is 7.81. The van der Waals surface area contributed by atoms with Gasteiger partial charge >= 0.3 is 0 Å². The van der Waals surface area contributed by atoms with E-state index in [0.717, 1.165) is 0 Å². The summed E-state index contributed by atoms with van der Waals surface area (Å²) in [7, 11) is 0. The van der Waals surface area contributed by atoms with Gasteiger partial charge in [-0.15, -0.1) is 10.2 Å². The summed E-state index contributed by atoms with van der Waals surface area (Å²) in [6.45, 7) is 0. The molecule has 4 nitrogen and oxygen atoms in total. The molecule has 0 atom stereocenters. The van der Waals surface area contributed by atoms with Gasteiger partial charge in [0, 0.05) is 5.56 Å². The molecule has 0 bridgehead atoms. The largest absolute Gasteiger partial charge is 0.211 e. The number of nitrogens with zero attached hydrogens (tertiary/aromatic N) is 4. The molecule has 0 aliphatic rings. The second kappa shape index (κ2) is 4.89. The first-order valence-corrected chi connectivity index (χ1v) is 5.76. The number of benzene rings is 1. The Morgan fingerprint density at radius 2 is 2.25 bits per heavy atom. The van der Waals surface area contributed by atoms with Gasteiger partial charge in [0.2, 0.25) is 5.16 Å². The predicted octanol–water partition coefficient (Wildman–Crippen LogP) is 2.02. The van der Waals surface area contributed by atoms with Crippen LogP contribution in [0, 0.1) is 5.82 Å². The van der Waals surface area contributed by atoms with Gasteiger partial charge in [0.05, 0.1) is 6.21 Å². The molecule has 2 rings (SSSR count). The van der Waals surface area contributed by atoms with Gasteiger partial charge in [0.15, 0.2) is 0 Å². The van der Waals surface area contributed by atoms with E-state index in [0.29, 0.717) is 10.7 Å². The van der Waals surface area contributed by atoms with Crippen molar-refractivity contribution in [2.75, 3.05) is 6.26 Å². The van der Waals surface area contributed by atoms with Crippen LogP contribution in [0.4, 0.5) is 4.39 Å². The minimum atomic E-state index is -0.301. The lowest BCUT2D eigenvalue weighted by molar-refractivity contribution is 0.625. The quantitative estimate of drug-likeness (QED) is 0.605. The van der Waals surface area contributed by atoms with Crippen LogP contribution in [-0.4, -0.2) is 27.3 Å². The number of aromatic nitrogens is 3. The first-order valence-electron chi connectivity index (χ1n) is 4.54. The minimum absolute atomic E-state index is 0.301. The molecule has 0 radical (unpaired) electrons. The molecule has 0 aliphatic carbocycles. The molecule has 0 fully saturated rings. The zero-order valence-corrected chi connectivity index (χ0v) is 9.36. The maximum atomic E-state index is 13.3. The Morgan fingerprint density at radius 3 is 3.00 bits per heavy atom. The van der Waals surface area contributed by atoms with Gasteiger partial charge < -0.3 is 0 Å². The second-order valence-corrected chi connectivity index (χ2v) is 3.70. The van der Waals surface area contributed by atoms with Crippen molar-refractivity contribution in [2.24, 2.45) is 5.10 Å². The molecule has 16 heavy (non-hydrogen) atoms. The van der Waals surface area contributed by atoms with E-state index in [1.54, 1.807) is 18.2 Å². The maximum Gasteiger partial charge on any atom is 0.211 e. The summed E-state index contributed by atoms with van der Waals surface area (Å²) >= 11 is 1.42. The molecule has 1 aromatic carbocycles. The summed E-state index contributed by atoms with van der Waals surface area (Å²) in [4.78, 5) is 0. The fourth-order valence-electron chi connectivity index (χ4n) is 1.14. The van der Waals surface area contributed by atoms with E-state index < -0.39 is 0 Å². The standard InChI is InChI=1S/C10H9FN4S/c1-16-10-14-12-7-15(10)13-6-8-4-2-3-5-9(8)11/h2-7H,1H3. The normalized spacial score (nSPS) is 11.1. The van der Waals surface area contributed by atoms with Gasteiger partial charge in [0.1, 0.15) is 12.1 Å². The molecule has 1 heterocycles. The third-order valence-corrected chi connectivity index (χ3v) is 2.54. The van der Waals surface area contributed by atoms with E-state index in [1.807, 2.05) is 6.26 Å². The van der Waals surface area contributed by atoms with Crippen molar-refractivity contribution in [3.63, 3.8) is 0 Å². The molecule has 0 unspecified atom stereocenters. The first kappa shape index (κ1) is 10.8. The lowest BCUT2D eigenvalue weighted by Crippen LogP contribution is -1.93. The van der Waals surface area contributed by atoms with Gasteiger partial charge in [-0.05, 0) is 12.3 Å². The van der Waals surface area contributed by atoms with Crippen molar-refractivity contribution in [1.29, 1.82) is 0 Å². The Morgan fingerprint density at radius 1 is 1.44 bits per heavy atom. The fourth-order valence-corrected chi connectivity index (χ4v) is 1.55. The molecule has 0 aliphatic heterocycles. The predicted molar refractivity (Wildman–Crippen MR) is 61.2 cm³/mol. The SMILES string of the molecule is CSc1nncn1N=Cc1ccccc1F. The number of rotatable bonds is 3. The van der Waals surface area contributed by atoms with Crippen molar-refractivity contribution in [3.05, 3.63) is 42.0 Å². The van der Waals surface area contributed by atoms with E-state index >= 15 is 0 Å². The van der Waals surface area contributed by atoms with Crippen LogP contribution in [0.3, 0.4) is 0 Å². The van der Waals surface area contributed by atoms with E-state index in [9.17, 15) is 4.39 Å². The summed E-state index contributed by atoms with van der Waals surface area (Å²) in [6, 6.07) is 6.44. The number of halogens is 1. The highest BCUT2D eigenvalue weighted by molar-refractivity contribution is 7.98. The molecule has 1 aromatic heterocycles. The Labute approximate surface area is 96.2 Å². The molecular formula is C10H9FN4S. The molecular weight excluding hydrogens is 227 g/mol. The molecule has 0 spiro atoms. The van der Waals surface area contributed by atoms with E-state index in [-0.39, 0.29) is 5.82 Å². The Bertz CT molecular complexity index is 509. The number of hydrogen-bond donors (Lipinski definition) is 0. The van der Waals surface area contributed by atoms with Gasteiger partial charge in [-0.2, -0.15) is 9.78 Å². The molecule has 0 saturated carbocycles. The zero-order chi connectivity index (χ0) is 11.4. The summed E-state index contributed by atoms with van der Waals surface area (Å²) in [6.07, 6.45) is 4.79. The van der Waals surface area contributed by atoms with Crippen molar-refractivity contribution >= 4 is 18.0 Å². The van der Waals surface area contributed by atoms with Crippen molar-refractivity contribution < 1.29 is 4.39 Å². The van der Waals surface area contributed by atoms with Crippen LogP contribution in [0.5, 0.6) is 0 Å². The van der Waals surface area contributed by atoms with Crippen molar-refractivity contribution in [1.82, 2.24) is 14.9 Å². The Balaban J connectivity index is 2.25. The second-order valence-electron chi connectivity index (χ2n) is 2.93. The number of hydrogen-bond acceptors (Lipinski definition) is 4. The van der Waals surface area contributed by atoms with Crippen LogP contribution in [0.25, 0.3) is 0 Å². The molecule has 0 saturated heterocycles. The average molecular weight is 236 g/mol. The van der Waals surface area contributed by atoms with Gasteiger partial charge in [-0.25, -0.2) is 4.39 Å². The van der Waals surface area contributed by atoms with Gasteiger partial charge in [-0.3, -0.25) is 0 Å². The fraction of sp³-hybridized carbons (Fsp3) is 0.100. The minimum Gasteiger partial charge on any atom is -0.206 e. The van der Waals surface area contributed by atoms with Crippen molar-refractivity contribution in [3.8, 4) is 0 Å². The highest BCUT2D eigenvalue weighted by Crippen LogP contribution is 2.10. The highest BCUT2D eigenvalue weighted by Gasteiger charge is 2.00. The van der Waals surface area contributed by atoms with Crippen LogP contribution in [0.2, 0.25) is 0 Å². The summed E-state index contributed by atoms with van der Waals surface area (Å²) in [5.74, 6) is -0.301. The highest BCUT2D eigenvalue weighted by atomic mass is 32.2. The molecule has 2 aromatic rings. The summed E-state index contributed by atoms with van der Waals surface area (Å²) < 4.78 is 14.8. The Kier molecular flexibility index (Phi) is 3.31. The summed E-state index contributed by atoms with van der Waals surface area (Å²) in [5.41, 5.74) is 0.434. The average Bonchev–Trinajstić information content (AvgIpc) is 2.75. The van der Waals surface area contributed by atoms with Crippen LogP contribution < -0.4 is 0 Å². The molecule has 0 N–H and O–H groups in total. The van der Waals surface area contributed by atoms with Crippen molar-refractivity contribution in [2.45, 2.75) is 5.16 Å². The third-order valence-electron chi connectivity index (χ3n) is 1.91. The van der Waals surface area contributed by atoms with Gasteiger partial charge in [-0.1, -0.05) is 30.0 Å². The van der Waals surface area contributed by atoms with E-state index in [4.69, 9.17) is 0 Å². The zero-order valence-electron chi connectivity index (χ0n) is 8.54. The molecule has 82 valence electrons. The van der Waals surface area contributed by atoms with Crippen LogP contribution in [0.15, 0.2) is 40.9 Å². The molecule has 0 amide bonds. The van der Waals surface area contributed by atoms with E-state index in [1.165, 1.54) is 35.0 Å². The van der Waals surface area contributed by atoms with Gasteiger partial charge in [0.25, 0.3) is 0 Å². The number of thioether (sulfide) groups is 1. The monoisotopic (exact) mass is 236 g/mol. The Hall–Kier alpha value is -1.69. The topological polar surface area (TPSA) is 43.1 Å². The lowest BCUT2D eigenvalue weighted by Gasteiger charge is -1.96. The smallest absolute Gasteiger partial charge is 0.206 e. The molecule has 6 heteroatoms. The third kappa shape index (κ3) is 2.27. The lowest BCUT2D eigenvalue weighted by atomic mass is 10.2. The van der Waals surface area contributed by atoms with E-state index in [2.05, 4.69) is 15.3 Å². The summed E-state index contributed by atoms with van der Waals surface area (Å²) in [5, 5.41) is 12.3. The maximum absolute atomic E-state index is 13.3. The van der Waals surface area contributed by atoms with Crippen LogP contribution in [0.1, 0.15) is 5.56 Å². The van der Waals surface area contributed by atoms with Crippen LogP contribution in [-0.2, 0) is 0 Å². The van der Waals surface area contributed by atoms with Crippen LogP contribution >= 0.6 is 11.8 Å².